The molecule has 131 heavy (non-hydrogen) atoms. The van der Waals surface area contributed by atoms with Crippen LogP contribution >= 0.6 is 0 Å². The van der Waals surface area contributed by atoms with Crippen molar-refractivity contribution in [2.45, 2.75) is 224 Å². The minimum atomic E-state index is -0.505. The number of hydrogen-bond donors (Lipinski definition) is 8. The lowest BCUT2D eigenvalue weighted by atomic mass is 9.77. The summed E-state index contributed by atoms with van der Waals surface area (Å²) in [6, 6.07) is 10.2. The maximum Gasteiger partial charge on any atom is 0.317 e. The Morgan fingerprint density at radius 1 is 0.366 bits per heavy atom. The number of amides is 6. The van der Waals surface area contributed by atoms with Crippen LogP contribution in [0.1, 0.15) is 199 Å². The van der Waals surface area contributed by atoms with E-state index in [1.165, 1.54) is 37.4 Å². The van der Waals surface area contributed by atoms with Gasteiger partial charge in [0.2, 0.25) is 11.8 Å². The topological polar surface area (TPSA) is 399 Å². The molecule has 4 saturated carbocycles. The van der Waals surface area contributed by atoms with Gasteiger partial charge in [-0.2, -0.15) is 20.4 Å². The second-order valence-corrected chi connectivity index (χ2v) is 36.8. The van der Waals surface area contributed by atoms with Gasteiger partial charge < -0.3 is 40.9 Å². The molecule has 16 heterocycles. The lowest BCUT2D eigenvalue weighted by Crippen LogP contribution is -2.49. The van der Waals surface area contributed by atoms with E-state index in [9.17, 15) is 45.5 Å². The van der Waals surface area contributed by atoms with Gasteiger partial charge in [-0.05, 0) is 220 Å². The zero-order valence-corrected chi connectivity index (χ0v) is 73.9. The summed E-state index contributed by atoms with van der Waals surface area (Å²) in [6.07, 6.45) is 37.3. The van der Waals surface area contributed by atoms with Crippen LogP contribution in [0, 0.1) is 70.4 Å². The highest BCUT2D eigenvalue weighted by molar-refractivity contribution is 5.91. The predicted octanol–water partition coefficient (Wildman–Crippen LogP) is 15.9. The number of urea groups is 2. The molecule has 12 aromatic rings. The van der Waals surface area contributed by atoms with E-state index >= 15 is 0 Å². The summed E-state index contributed by atoms with van der Waals surface area (Å²) in [7, 11) is 0. The van der Waals surface area contributed by atoms with Crippen LogP contribution in [0.2, 0.25) is 0 Å². The van der Waals surface area contributed by atoms with Crippen LogP contribution in [0.4, 0.5) is 47.6 Å². The fourth-order valence-corrected chi connectivity index (χ4v) is 19.9. The summed E-state index contributed by atoms with van der Waals surface area (Å²) in [5.41, 5.74) is 4.57. The van der Waals surface area contributed by atoms with E-state index in [1.807, 2.05) is 43.9 Å². The largest absolute Gasteiger partial charge is 0.365 e. The Kier molecular flexibility index (Phi) is 29.1. The Bertz CT molecular complexity index is 5790. The summed E-state index contributed by atoms with van der Waals surface area (Å²) < 4.78 is 85.7. The number of aromatic nitrogens is 20. The first kappa shape index (κ1) is 90.4. The van der Waals surface area contributed by atoms with Crippen molar-refractivity contribution in [3.8, 4) is 46.1 Å². The standard InChI is InChI=1S/2C24H28F2N6O.C23H29FN8O.C22H27FN8O/c1-14-5-6-32(13-14)21(33)9-16-4-2-3-15(7-16)8-20-19(26)12-28-24(29-20)22-18-10-17(25)11-27-23(18)31-30-22;25-17-12-18-22(30-31-23(18)27-13-17)24-28-14-19(26)20(29-24)10-15-5-4-6-16(9-15)11-21(33)32-7-2-1-3-8-32;1-14-7-10-32(11-8-14)23(33)28-16-5-2-4-15(12-16)27-21-18(24)13-26-22(29-21)19-17-6-3-9-25-20(17)31-30-19;23-17-13-25-21(18-16-8-5-9-24-19(16)30-29-18)28-20(17)26-14-6-4-7-15(12-14)27-22(32)31-10-2-1-3-11-31/h10-12,14-16H,2-9,13H2,1H3,(H,27,30,31);12-16H,1-11H2,(H,27,30,31);3,6,9,13-16H,2,4-5,7-8,10-12H2,1H3,(H,28,33)(H,25,30,31)(H,26,27,29);5,8-9,13-15H,1-4,6-7,10-12H2,(H,27,32)(H,24,29,30)(H,25,26,28)/t14-,15+,16-;2*15-,16+;14-,15+/m1000/s1. The number of H-pyrrole nitrogens is 4. The Balaban J connectivity index is 0.000000122. The molecule has 690 valence electrons. The number of piperidine rings is 3. The number of pyridine rings is 4. The lowest BCUT2D eigenvalue weighted by Gasteiger charge is -2.35. The first-order valence-electron chi connectivity index (χ1n) is 46.6. The minimum absolute atomic E-state index is 0.0165. The van der Waals surface area contributed by atoms with Crippen molar-refractivity contribution in [1.29, 1.82) is 0 Å². The van der Waals surface area contributed by atoms with Gasteiger partial charge in [0.15, 0.2) is 80.8 Å². The number of halogens is 6. The fraction of sp³-hybridized carbons (Fsp3) is 0.527. The highest BCUT2D eigenvalue weighted by atomic mass is 19.1. The molecule has 6 amide bonds. The molecule has 0 aromatic carbocycles. The van der Waals surface area contributed by atoms with Gasteiger partial charge in [0.1, 0.15) is 34.4 Å². The summed E-state index contributed by atoms with van der Waals surface area (Å²) >= 11 is 0. The Hall–Kier alpha value is -12.5. The van der Waals surface area contributed by atoms with Gasteiger partial charge in [-0.1, -0.05) is 39.5 Å². The molecular weight excluding hydrogens is 1690 g/mol. The Morgan fingerprint density at radius 3 is 1.19 bits per heavy atom. The summed E-state index contributed by atoms with van der Waals surface area (Å²) in [5.74, 6) is 1.71. The zero-order valence-electron chi connectivity index (χ0n) is 73.9. The second kappa shape index (κ2) is 42.1. The molecule has 0 spiro atoms. The molecule has 4 aliphatic carbocycles. The van der Waals surface area contributed by atoms with Crippen molar-refractivity contribution in [3.05, 3.63) is 132 Å². The highest BCUT2D eigenvalue weighted by Gasteiger charge is 2.35. The van der Waals surface area contributed by atoms with Crippen LogP contribution in [0.3, 0.4) is 0 Å². The average Bonchev–Trinajstić information content (AvgIpc) is 1.66. The third-order valence-corrected chi connectivity index (χ3v) is 27.0. The van der Waals surface area contributed by atoms with Gasteiger partial charge in [-0.15, -0.1) is 0 Å². The van der Waals surface area contributed by atoms with Crippen molar-refractivity contribution in [3.63, 3.8) is 0 Å². The van der Waals surface area contributed by atoms with Crippen LogP contribution in [-0.4, -0.2) is 221 Å². The quantitative estimate of drug-likeness (QED) is 0.0370. The molecule has 4 aliphatic heterocycles. The molecule has 20 rings (SSSR count). The molecule has 8 fully saturated rings. The number of anilines is 2. The van der Waals surface area contributed by atoms with Gasteiger partial charge >= 0.3 is 12.1 Å². The van der Waals surface area contributed by atoms with Crippen molar-refractivity contribution in [2.75, 3.05) is 63.0 Å². The number of aromatic amines is 4. The number of hydrogen-bond acceptors (Lipinski definition) is 22. The minimum Gasteiger partial charge on any atom is -0.365 e. The molecule has 38 heteroatoms. The van der Waals surface area contributed by atoms with Crippen molar-refractivity contribution < 1.29 is 45.5 Å². The summed E-state index contributed by atoms with van der Waals surface area (Å²) in [4.78, 5) is 109. The maximum absolute atomic E-state index is 14.6. The number of rotatable bonds is 18. The molecule has 0 radical (unpaired) electrons. The van der Waals surface area contributed by atoms with E-state index in [2.05, 4.69) is 136 Å². The smallest absolute Gasteiger partial charge is 0.317 e. The number of fused-ring (bicyclic) bond motifs is 4. The first-order chi connectivity index (χ1) is 63.8. The lowest BCUT2D eigenvalue weighted by molar-refractivity contribution is -0.133. The molecule has 8 aliphatic rings. The molecule has 0 bridgehead atoms. The number of nitrogens with zero attached hydrogens (tertiary/aromatic N) is 20. The molecule has 9 atom stereocenters. The van der Waals surface area contributed by atoms with Crippen LogP contribution in [-0.2, 0) is 22.4 Å². The molecule has 8 N–H and O–H groups in total. The number of nitrogens with one attached hydrogen (secondary N) is 8. The Labute approximate surface area is 753 Å². The molecule has 32 nitrogen and oxygen atoms in total. The van der Waals surface area contributed by atoms with E-state index in [0.29, 0.717) is 129 Å². The molecule has 4 saturated heterocycles. The zero-order chi connectivity index (χ0) is 90.4. The van der Waals surface area contributed by atoms with E-state index in [1.54, 1.807) is 12.4 Å². The van der Waals surface area contributed by atoms with Crippen LogP contribution < -0.4 is 21.3 Å². The van der Waals surface area contributed by atoms with Crippen molar-refractivity contribution in [1.82, 2.24) is 131 Å². The molecule has 0 unspecified atom stereocenters. The third kappa shape index (κ3) is 22.7. The summed E-state index contributed by atoms with van der Waals surface area (Å²) in [6.45, 7) is 11.2. The van der Waals surface area contributed by atoms with Crippen LogP contribution in [0.5, 0.6) is 0 Å². The number of carbonyl (C=O) groups is 4. The number of likely N-dealkylation sites (tertiary alicyclic amines) is 4. The van der Waals surface area contributed by atoms with E-state index in [-0.39, 0.29) is 83.2 Å². The van der Waals surface area contributed by atoms with Crippen LogP contribution in [0.15, 0.2) is 86.0 Å². The van der Waals surface area contributed by atoms with Crippen molar-refractivity contribution in [2.24, 2.45) is 35.5 Å². The van der Waals surface area contributed by atoms with Crippen LogP contribution in [0.25, 0.3) is 90.2 Å². The molecular formula is C93H112F6N28O4. The van der Waals surface area contributed by atoms with Gasteiger partial charge in [-0.3, -0.25) is 30.0 Å². The van der Waals surface area contributed by atoms with E-state index in [0.717, 1.165) is 236 Å². The second-order valence-electron chi connectivity index (χ2n) is 36.8. The monoisotopic (exact) mass is 1800 g/mol. The van der Waals surface area contributed by atoms with Gasteiger partial charge in [0, 0.05) is 113 Å². The summed E-state index contributed by atoms with van der Waals surface area (Å²) in [5, 5.41) is 43.2. The van der Waals surface area contributed by atoms with Gasteiger partial charge in [-0.25, -0.2) is 95.7 Å². The number of carbonyl (C=O) groups excluding carboxylic acids is 4. The SMILES string of the molecule is CC1CCN(C(=O)N[C@@H]2CCC[C@H](Nc3nc(-c4[nH]nc5ncccc45)ncc3F)C2)CC1.C[C@@H]1CCN(C(=O)C[C@@H]2CCC[C@H](Cc3nc(-c4[nH]nc5ncc(F)cc45)ncc3F)C2)C1.O=C(C[C@@H]1CCC[C@H](Cc2nc(-c3[nH]nc4ncc(F)cc34)ncc2F)C1)N1CCCCC1.O=C(N[C@@H]1CCC[C@H](Nc2nc(-c3[nH]nc4ncccc34)ncc2F)C1)N1CCCCC1. The van der Waals surface area contributed by atoms with Crippen molar-refractivity contribution >= 4 is 79.6 Å². The highest BCUT2D eigenvalue weighted by Crippen LogP contribution is 2.39. The maximum atomic E-state index is 14.6. The first-order valence-corrected chi connectivity index (χ1v) is 46.6. The predicted molar refractivity (Wildman–Crippen MR) is 480 cm³/mol. The van der Waals surface area contributed by atoms with Gasteiger partial charge in [0.05, 0.1) is 59.3 Å². The van der Waals surface area contributed by atoms with E-state index < -0.39 is 34.9 Å². The normalized spacial score (nSPS) is 22.0. The third-order valence-electron chi connectivity index (χ3n) is 27.0. The average molecular weight is 1800 g/mol. The Morgan fingerprint density at radius 2 is 0.740 bits per heavy atom. The fourth-order valence-electron chi connectivity index (χ4n) is 19.9. The van der Waals surface area contributed by atoms with E-state index in [4.69, 9.17) is 0 Å². The van der Waals surface area contributed by atoms with Gasteiger partial charge in [0.25, 0.3) is 0 Å². The molecule has 12 aromatic heterocycles.